The lowest BCUT2D eigenvalue weighted by atomic mass is 10.0. The number of aromatic nitrogens is 2. The monoisotopic (exact) mass is 394 g/mol. The molecule has 28 heavy (non-hydrogen) atoms. The standard InChI is InChI=1S/C20H21F3N2O3/c1-12-9-17-16(7-8-25(17)13(2)11-26-3)24-19(12)15-6-5-14(10-18(15)27-4)28-20(21,22)23/h5-10,13H,11H2,1-4H3. The minimum Gasteiger partial charge on any atom is -0.496 e. The Morgan fingerprint density at radius 3 is 2.54 bits per heavy atom. The molecule has 0 fully saturated rings. The number of nitrogens with zero attached hydrogens (tertiary/aromatic N) is 2. The van der Waals surface area contributed by atoms with Crippen molar-refractivity contribution in [2.75, 3.05) is 20.8 Å². The van der Waals surface area contributed by atoms with Crippen LogP contribution < -0.4 is 9.47 Å². The average Bonchev–Trinajstić information content (AvgIpc) is 3.02. The van der Waals surface area contributed by atoms with Crippen LogP contribution in [0.2, 0.25) is 0 Å². The molecule has 1 atom stereocenters. The van der Waals surface area contributed by atoms with Gasteiger partial charge in [0.05, 0.1) is 36.5 Å². The maximum Gasteiger partial charge on any atom is 0.573 e. The van der Waals surface area contributed by atoms with E-state index in [0.717, 1.165) is 16.6 Å². The van der Waals surface area contributed by atoms with E-state index in [0.29, 0.717) is 17.9 Å². The summed E-state index contributed by atoms with van der Waals surface area (Å²) in [5, 5.41) is 0. The van der Waals surface area contributed by atoms with Gasteiger partial charge in [0.1, 0.15) is 11.5 Å². The van der Waals surface area contributed by atoms with Crippen LogP contribution in [0.5, 0.6) is 11.5 Å². The lowest BCUT2D eigenvalue weighted by Gasteiger charge is -2.16. The predicted molar refractivity (Wildman–Crippen MR) is 99.7 cm³/mol. The molecule has 150 valence electrons. The Bertz CT molecular complexity index is 983. The summed E-state index contributed by atoms with van der Waals surface area (Å²) >= 11 is 0. The average molecular weight is 394 g/mol. The summed E-state index contributed by atoms with van der Waals surface area (Å²) in [6, 6.07) is 8.03. The fourth-order valence-corrected chi connectivity index (χ4v) is 3.22. The number of hydrogen-bond donors (Lipinski definition) is 0. The lowest BCUT2D eigenvalue weighted by molar-refractivity contribution is -0.274. The molecule has 0 saturated heterocycles. The van der Waals surface area contributed by atoms with Crippen molar-refractivity contribution in [3.05, 3.63) is 42.1 Å². The molecular formula is C20H21F3N2O3. The van der Waals surface area contributed by atoms with E-state index >= 15 is 0 Å². The topological polar surface area (TPSA) is 45.5 Å². The van der Waals surface area contributed by atoms with E-state index in [4.69, 9.17) is 14.5 Å². The first-order valence-electron chi connectivity index (χ1n) is 8.64. The van der Waals surface area contributed by atoms with Gasteiger partial charge in [-0.3, -0.25) is 0 Å². The van der Waals surface area contributed by atoms with Crippen LogP contribution in [0.25, 0.3) is 22.3 Å². The van der Waals surface area contributed by atoms with Gasteiger partial charge in [-0.05, 0) is 43.7 Å². The molecule has 8 heteroatoms. The zero-order chi connectivity index (χ0) is 20.5. The second-order valence-electron chi connectivity index (χ2n) is 6.50. The van der Waals surface area contributed by atoms with E-state index in [1.165, 1.54) is 25.3 Å². The first-order chi connectivity index (χ1) is 13.2. The van der Waals surface area contributed by atoms with E-state index in [9.17, 15) is 13.2 Å². The second-order valence-corrected chi connectivity index (χ2v) is 6.50. The Morgan fingerprint density at radius 2 is 1.89 bits per heavy atom. The van der Waals surface area contributed by atoms with Gasteiger partial charge >= 0.3 is 6.36 Å². The molecular weight excluding hydrogens is 373 g/mol. The number of hydrogen-bond acceptors (Lipinski definition) is 4. The minimum atomic E-state index is -4.76. The predicted octanol–water partition coefficient (Wildman–Crippen LogP) is 5.13. The van der Waals surface area contributed by atoms with Gasteiger partial charge in [0, 0.05) is 24.9 Å². The molecule has 0 bridgehead atoms. The van der Waals surface area contributed by atoms with Crippen molar-refractivity contribution in [1.29, 1.82) is 0 Å². The molecule has 0 N–H and O–H groups in total. The van der Waals surface area contributed by atoms with Crippen LogP contribution >= 0.6 is 0 Å². The van der Waals surface area contributed by atoms with Crippen molar-refractivity contribution in [3.63, 3.8) is 0 Å². The summed E-state index contributed by atoms with van der Waals surface area (Å²) < 4.78 is 54.0. The SMILES string of the molecule is COCC(C)n1ccc2nc(-c3ccc(OC(F)(F)F)cc3OC)c(C)cc21. The van der Waals surface area contributed by atoms with Crippen molar-refractivity contribution >= 4 is 11.0 Å². The molecule has 2 heterocycles. The summed E-state index contributed by atoms with van der Waals surface area (Å²) in [5.74, 6) is -0.0877. The largest absolute Gasteiger partial charge is 0.573 e. The molecule has 0 saturated carbocycles. The first-order valence-corrected chi connectivity index (χ1v) is 8.64. The molecule has 0 aliphatic heterocycles. The number of fused-ring (bicyclic) bond motifs is 1. The third-order valence-electron chi connectivity index (χ3n) is 4.44. The van der Waals surface area contributed by atoms with Crippen molar-refractivity contribution in [3.8, 4) is 22.8 Å². The van der Waals surface area contributed by atoms with E-state index in [2.05, 4.69) is 16.2 Å². The number of pyridine rings is 1. The van der Waals surface area contributed by atoms with Crippen LogP contribution in [0.4, 0.5) is 13.2 Å². The third-order valence-corrected chi connectivity index (χ3v) is 4.44. The molecule has 0 aliphatic rings. The van der Waals surface area contributed by atoms with Gasteiger partial charge in [-0.25, -0.2) is 4.98 Å². The Morgan fingerprint density at radius 1 is 1.14 bits per heavy atom. The summed E-state index contributed by atoms with van der Waals surface area (Å²) in [7, 11) is 3.05. The van der Waals surface area contributed by atoms with Crippen LogP contribution in [-0.4, -0.2) is 36.7 Å². The molecule has 1 unspecified atom stereocenters. The maximum atomic E-state index is 12.5. The smallest absolute Gasteiger partial charge is 0.496 e. The van der Waals surface area contributed by atoms with E-state index in [1.54, 1.807) is 7.11 Å². The summed E-state index contributed by atoms with van der Waals surface area (Å²) in [6.45, 7) is 4.52. The van der Waals surface area contributed by atoms with Crippen LogP contribution in [0, 0.1) is 6.92 Å². The quantitative estimate of drug-likeness (QED) is 0.582. The van der Waals surface area contributed by atoms with Gasteiger partial charge in [0.2, 0.25) is 0 Å². The second kappa shape index (κ2) is 7.71. The zero-order valence-electron chi connectivity index (χ0n) is 16.0. The maximum absolute atomic E-state index is 12.5. The third kappa shape index (κ3) is 4.06. The van der Waals surface area contributed by atoms with Crippen LogP contribution in [0.3, 0.4) is 0 Å². The lowest BCUT2D eigenvalue weighted by Crippen LogP contribution is -2.17. The van der Waals surface area contributed by atoms with Crippen molar-refractivity contribution in [1.82, 2.24) is 9.55 Å². The number of rotatable bonds is 6. The zero-order valence-corrected chi connectivity index (χ0v) is 16.0. The normalized spacial score (nSPS) is 13.0. The summed E-state index contributed by atoms with van der Waals surface area (Å²) in [4.78, 5) is 4.72. The van der Waals surface area contributed by atoms with Crippen molar-refractivity contribution in [2.45, 2.75) is 26.3 Å². The fourth-order valence-electron chi connectivity index (χ4n) is 3.22. The molecule has 1 aromatic carbocycles. The molecule has 3 rings (SSSR count). The molecule has 0 amide bonds. The van der Waals surface area contributed by atoms with Gasteiger partial charge in [-0.2, -0.15) is 0 Å². The minimum absolute atomic E-state index is 0.142. The highest BCUT2D eigenvalue weighted by molar-refractivity contribution is 5.83. The number of benzene rings is 1. The van der Waals surface area contributed by atoms with Crippen LogP contribution in [-0.2, 0) is 4.74 Å². The summed E-state index contributed by atoms with van der Waals surface area (Å²) in [5.41, 5.74) is 3.84. The molecule has 0 spiro atoms. The number of halogens is 3. The molecule has 3 aromatic rings. The van der Waals surface area contributed by atoms with Gasteiger partial charge < -0.3 is 18.8 Å². The molecule has 5 nitrogen and oxygen atoms in total. The van der Waals surface area contributed by atoms with Crippen molar-refractivity contribution < 1.29 is 27.4 Å². The van der Waals surface area contributed by atoms with E-state index in [-0.39, 0.29) is 17.5 Å². The highest BCUT2D eigenvalue weighted by Gasteiger charge is 2.31. The number of ether oxygens (including phenoxy) is 3. The van der Waals surface area contributed by atoms with Crippen LogP contribution in [0.15, 0.2) is 36.5 Å². The first kappa shape index (κ1) is 20.0. The Kier molecular flexibility index (Phi) is 5.51. The number of aryl methyl sites for hydroxylation is 1. The Labute approximate surface area is 160 Å². The molecule has 2 aromatic heterocycles. The fraction of sp³-hybridized carbons (Fsp3) is 0.350. The summed E-state index contributed by atoms with van der Waals surface area (Å²) in [6.07, 6.45) is -2.82. The number of methoxy groups -OCH3 is 2. The number of alkyl halides is 3. The molecule has 0 radical (unpaired) electrons. The van der Waals surface area contributed by atoms with Gasteiger partial charge in [0.15, 0.2) is 0 Å². The van der Waals surface area contributed by atoms with Gasteiger partial charge in [0.25, 0.3) is 0 Å². The highest BCUT2D eigenvalue weighted by atomic mass is 19.4. The van der Waals surface area contributed by atoms with E-state index in [1.807, 2.05) is 25.3 Å². The Balaban J connectivity index is 2.05. The molecule has 0 aliphatic carbocycles. The highest BCUT2D eigenvalue weighted by Crippen LogP contribution is 2.37. The van der Waals surface area contributed by atoms with E-state index < -0.39 is 6.36 Å². The van der Waals surface area contributed by atoms with Gasteiger partial charge in [-0.1, -0.05) is 0 Å². The van der Waals surface area contributed by atoms with Crippen LogP contribution in [0.1, 0.15) is 18.5 Å². The van der Waals surface area contributed by atoms with Crippen molar-refractivity contribution in [2.24, 2.45) is 0 Å². The van der Waals surface area contributed by atoms with Gasteiger partial charge in [-0.15, -0.1) is 13.2 Å². The Hall–Kier alpha value is -2.74.